The average molecular weight is 911 g/mol. The topological polar surface area (TPSA) is 213 Å². The Kier molecular flexibility index (Phi) is 15.2. The summed E-state index contributed by atoms with van der Waals surface area (Å²) in [5.74, 6) is -10.2. The molecule has 2 aliphatic carbocycles. The van der Waals surface area contributed by atoms with Crippen LogP contribution in [0.4, 0.5) is 5.69 Å². The van der Waals surface area contributed by atoms with Crippen molar-refractivity contribution in [2.75, 3.05) is 12.4 Å². The van der Waals surface area contributed by atoms with Gasteiger partial charge in [-0.15, -0.1) is 0 Å². The highest BCUT2D eigenvalue weighted by Gasteiger charge is 2.53. The van der Waals surface area contributed by atoms with Crippen molar-refractivity contribution < 1.29 is 62.7 Å². The zero-order valence-corrected chi connectivity index (χ0v) is 39.3. The van der Waals surface area contributed by atoms with Gasteiger partial charge in [0.25, 0.3) is 11.7 Å². The lowest BCUT2D eigenvalue weighted by molar-refractivity contribution is -0.160. The maximum absolute atomic E-state index is 15.2. The van der Waals surface area contributed by atoms with E-state index in [9.17, 15) is 29.4 Å². The van der Waals surface area contributed by atoms with Gasteiger partial charge in [0.05, 0.1) is 47.2 Å². The van der Waals surface area contributed by atoms with Crippen LogP contribution in [-0.2, 0) is 28.6 Å². The Balaban J connectivity index is 1.55. The smallest absolute Gasteiger partial charge is 0.314 e. The Hall–Kier alpha value is -5.90. The van der Waals surface area contributed by atoms with Crippen molar-refractivity contribution in [2.24, 2.45) is 29.6 Å². The Labute approximate surface area is 385 Å². The van der Waals surface area contributed by atoms with Crippen LogP contribution in [0.1, 0.15) is 123 Å². The van der Waals surface area contributed by atoms with Gasteiger partial charge in [0.15, 0.2) is 0 Å². The number of ketones is 3. The molecule has 1 fully saturated rings. The van der Waals surface area contributed by atoms with Gasteiger partial charge in [-0.1, -0.05) is 82.9 Å². The van der Waals surface area contributed by atoms with Crippen molar-refractivity contribution in [3.63, 3.8) is 0 Å². The van der Waals surface area contributed by atoms with Gasteiger partial charge in [-0.3, -0.25) is 28.8 Å². The molecule has 0 saturated heterocycles. The summed E-state index contributed by atoms with van der Waals surface area (Å²) in [6, 6.07) is 6.94. The fourth-order valence-corrected chi connectivity index (χ4v) is 9.23. The molecule has 2 aromatic carbocycles. The van der Waals surface area contributed by atoms with Gasteiger partial charge in [-0.2, -0.15) is 0 Å². The molecule has 1 saturated carbocycles. The number of aliphatic hydroxyl groups is 2. The lowest BCUT2D eigenvalue weighted by Gasteiger charge is -2.38. The Bertz CT molecular complexity index is 2390. The number of carbonyl (C=O) groups excluding carboxylic acids is 6. The summed E-state index contributed by atoms with van der Waals surface area (Å²) in [6.07, 6.45) is 7.06. The van der Waals surface area contributed by atoms with Crippen molar-refractivity contribution in [1.29, 1.82) is 0 Å². The van der Waals surface area contributed by atoms with Crippen LogP contribution >= 0.6 is 0 Å². The third kappa shape index (κ3) is 9.93. The van der Waals surface area contributed by atoms with Crippen molar-refractivity contribution in [2.45, 2.75) is 125 Å². The van der Waals surface area contributed by atoms with E-state index in [2.05, 4.69) is 10.6 Å². The highest BCUT2D eigenvalue weighted by atomic mass is 16.7. The van der Waals surface area contributed by atoms with Gasteiger partial charge >= 0.3 is 17.7 Å². The number of hydrogen-bond acceptors (Lipinski definition) is 14. The molecule has 3 aliphatic heterocycles. The number of rotatable bonds is 6. The van der Waals surface area contributed by atoms with Gasteiger partial charge in [-0.25, -0.2) is 0 Å². The van der Waals surface area contributed by atoms with Crippen LogP contribution in [0.3, 0.4) is 0 Å². The van der Waals surface area contributed by atoms with Crippen LogP contribution in [0.25, 0.3) is 0 Å². The molecule has 3 heterocycles. The summed E-state index contributed by atoms with van der Waals surface area (Å²) < 4.78 is 30.1. The molecule has 354 valence electrons. The molecule has 4 N–H and O–H groups in total. The Morgan fingerprint density at radius 1 is 0.848 bits per heavy atom. The van der Waals surface area contributed by atoms with Crippen LogP contribution < -0.4 is 20.1 Å². The van der Waals surface area contributed by atoms with Gasteiger partial charge < -0.3 is 44.5 Å². The number of nitrogens with one attached hydrogen (secondary N) is 2. The number of hydrogen-bond donors (Lipinski definition) is 4. The van der Waals surface area contributed by atoms with E-state index in [-0.39, 0.29) is 33.9 Å². The molecule has 0 spiro atoms. The van der Waals surface area contributed by atoms with Gasteiger partial charge in [0.2, 0.25) is 11.6 Å². The number of benzene rings is 2. The van der Waals surface area contributed by atoms with Crippen LogP contribution in [0.15, 0.2) is 71.8 Å². The molecule has 2 aromatic rings. The second kappa shape index (κ2) is 20.3. The molecule has 15 heteroatoms. The number of Topliss-reactive ketones (excluding diaryl/α,β-unsaturated/α-hetero) is 3. The molecule has 9 atom stereocenters. The lowest BCUT2D eigenvalue weighted by atomic mass is 9.78. The summed E-state index contributed by atoms with van der Waals surface area (Å²) in [5.41, 5.74) is -0.363. The molecular formula is C51H62N2O13. The number of ether oxygens (including phenoxy) is 5. The minimum absolute atomic E-state index is 0.0803. The predicted octanol–water partition coefficient (Wildman–Crippen LogP) is 7.16. The van der Waals surface area contributed by atoms with Crippen molar-refractivity contribution in [3.05, 3.63) is 99.6 Å². The summed E-state index contributed by atoms with van der Waals surface area (Å²) in [6.45, 7) is 14.4. The van der Waals surface area contributed by atoms with E-state index < -0.39 is 112 Å². The van der Waals surface area contributed by atoms with E-state index >= 15 is 9.59 Å². The second-order valence-electron chi connectivity index (χ2n) is 18.3. The maximum Gasteiger partial charge on any atom is 0.314 e. The molecule has 0 unspecified atom stereocenters. The quantitative estimate of drug-likeness (QED) is 0.167. The number of aryl methyl sites for hydroxylation is 1. The van der Waals surface area contributed by atoms with Crippen molar-refractivity contribution in [3.8, 4) is 11.5 Å². The molecule has 15 nitrogen and oxygen atoms in total. The largest absolute Gasteiger partial charge is 0.462 e. The molecule has 7 rings (SSSR count). The summed E-state index contributed by atoms with van der Waals surface area (Å²) >= 11 is 0. The van der Waals surface area contributed by atoms with Crippen molar-refractivity contribution >= 4 is 40.9 Å². The van der Waals surface area contributed by atoms with Gasteiger partial charge in [-0.05, 0) is 51.8 Å². The summed E-state index contributed by atoms with van der Waals surface area (Å²) in [7, 11) is 1.43. The second-order valence-corrected chi connectivity index (χ2v) is 18.3. The van der Waals surface area contributed by atoms with Crippen LogP contribution in [0, 0.1) is 43.4 Å². The van der Waals surface area contributed by atoms with Crippen molar-refractivity contribution in [1.82, 2.24) is 5.32 Å². The maximum atomic E-state index is 15.2. The normalized spacial score (nSPS) is 30.6. The molecule has 5 aliphatic rings. The van der Waals surface area contributed by atoms with E-state index in [0.29, 0.717) is 18.5 Å². The standard InChI is InChI=1S/C51H62N2O13/c1-25-19-21-34(22-20-25)52-39-40-44(58)37-36(43(39)57)38-47(31(7)46(37)65-50(61)33-17-12-11-13-18-33)66-51(9,48(38)59)63-24-23-35(62-10)28(4)45(64-32(8)54)30(6)42(56)29(5)41(55)26(2)15-14-16-27(3)49(60)53-40/h14-16,19-24,26,28-30,33,35,41-42,45,52,55-56H,11-13,17-18H2,1-10H3,(H,53,60)/b15-14-,24-23-,27-16-/t26-,28+,29+,30-,35-,41-,42-,45+,51-/m0/s1. The Morgan fingerprint density at radius 2 is 1.52 bits per heavy atom. The fourth-order valence-electron chi connectivity index (χ4n) is 9.23. The monoisotopic (exact) mass is 910 g/mol. The SMILES string of the molecule is CO[C@H]1/C=C\O[C@@]2(C)Oc3c(C)c(OC(=O)C4CCCCC4)c4c(c3C2=O)C(=O)C(Nc2ccc(C)cc2)=C(NC(=O)/C(C)=C\C=C/[C@H](C)[C@H](O)[C@@H](C)[C@H](O)[C@H](C)[C@H](OC(C)=O)[C@@H]1C)C4=O. The number of allylic oxidation sites excluding steroid dienone is 4. The van der Waals surface area contributed by atoms with E-state index in [1.165, 1.54) is 53.2 Å². The third-order valence-electron chi connectivity index (χ3n) is 13.4. The van der Waals surface area contributed by atoms with Gasteiger partial charge in [0.1, 0.15) is 29.0 Å². The number of amides is 1. The van der Waals surface area contributed by atoms with E-state index in [1.807, 2.05) is 6.92 Å². The first kappa shape index (κ1) is 49.5. The first-order valence-electron chi connectivity index (χ1n) is 22.6. The van der Waals surface area contributed by atoms with E-state index in [0.717, 1.165) is 24.8 Å². The van der Waals surface area contributed by atoms with E-state index in [4.69, 9.17) is 23.7 Å². The highest BCUT2D eigenvalue weighted by molar-refractivity contribution is 6.33. The molecule has 66 heavy (non-hydrogen) atoms. The molecular weight excluding hydrogens is 849 g/mol. The Morgan fingerprint density at radius 3 is 2.15 bits per heavy atom. The number of anilines is 1. The van der Waals surface area contributed by atoms with Crippen LogP contribution in [0.5, 0.6) is 11.5 Å². The predicted molar refractivity (Wildman–Crippen MR) is 244 cm³/mol. The minimum Gasteiger partial charge on any atom is -0.462 e. The lowest BCUT2D eigenvalue weighted by Crippen LogP contribution is -2.46. The van der Waals surface area contributed by atoms with Gasteiger partial charge in [0, 0.05) is 61.5 Å². The average Bonchev–Trinajstić information content (AvgIpc) is 3.56. The number of fused-ring (bicyclic) bond motifs is 14. The molecule has 0 aromatic heterocycles. The number of carbonyl (C=O) groups is 6. The number of methoxy groups -OCH3 is 1. The summed E-state index contributed by atoms with van der Waals surface area (Å²) in [5, 5.41) is 28.7. The molecule has 0 radical (unpaired) electrons. The zero-order chi connectivity index (χ0) is 48.4. The van der Waals surface area contributed by atoms with E-state index in [1.54, 1.807) is 64.1 Å². The minimum atomic E-state index is -2.14. The van der Waals surface area contributed by atoms with Crippen LogP contribution in [0.2, 0.25) is 0 Å². The number of esters is 2. The summed E-state index contributed by atoms with van der Waals surface area (Å²) in [4.78, 5) is 85.5. The zero-order valence-electron chi connectivity index (χ0n) is 39.3. The third-order valence-corrected chi connectivity index (χ3v) is 13.4. The first-order chi connectivity index (χ1) is 31.2. The highest BCUT2D eigenvalue weighted by Crippen LogP contribution is 2.49. The number of aliphatic hydroxyl groups excluding tert-OH is 2. The fraction of sp³-hybridized carbons (Fsp3) is 0.490. The molecule has 5 bridgehead atoms. The first-order valence-corrected chi connectivity index (χ1v) is 22.6. The van der Waals surface area contributed by atoms with Crippen LogP contribution in [-0.4, -0.2) is 82.7 Å². The molecule has 1 amide bonds.